The molecule has 3 N–H and O–H groups in total. The van der Waals surface area contributed by atoms with Crippen LogP contribution in [0.5, 0.6) is 0 Å². The summed E-state index contributed by atoms with van der Waals surface area (Å²) in [5.74, 6) is -2.30. The molecule has 36 heavy (non-hydrogen) atoms. The number of piperazine rings is 1. The van der Waals surface area contributed by atoms with E-state index in [2.05, 4.69) is 10.2 Å². The van der Waals surface area contributed by atoms with E-state index in [-0.39, 0.29) is 18.5 Å². The number of nitrogens with zero attached hydrogens (tertiary/aromatic N) is 3. The Balaban J connectivity index is 1.61. The average molecular weight is 525 g/mol. The van der Waals surface area contributed by atoms with Crippen LogP contribution in [-0.2, 0) is 5.79 Å². The third-order valence-electron chi connectivity index (χ3n) is 6.39. The molecule has 0 aromatic heterocycles. The molecule has 0 radical (unpaired) electrons. The van der Waals surface area contributed by atoms with E-state index in [1.165, 1.54) is 0 Å². The van der Waals surface area contributed by atoms with Crippen LogP contribution in [0.25, 0.3) is 0 Å². The fourth-order valence-corrected chi connectivity index (χ4v) is 4.90. The zero-order valence-corrected chi connectivity index (χ0v) is 21.2. The van der Waals surface area contributed by atoms with Crippen molar-refractivity contribution in [2.45, 2.75) is 11.8 Å². The number of amides is 1. The van der Waals surface area contributed by atoms with Crippen molar-refractivity contribution in [3.05, 3.63) is 99.0 Å². The highest BCUT2D eigenvalue weighted by Crippen LogP contribution is 2.37. The molecule has 0 spiro atoms. The topological polar surface area (TPSA) is 99.8 Å². The molecule has 1 heterocycles. The molecule has 186 valence electrons. The van der Waals surface area contributed by atoms with E-state index in [4.69, 9.17) is 28.5 Å². The Morgan fingerprint density at radius 1 is 1.08 bits per heavy atom. The van der Waals surface area contributed by atoms with E-state index in [0.717, 1.165) is 11.3 Å². The molecule has 1 fully saturated rings. The lowest BCUT2D eigenvalue weighted by molar-refractivity contribution is -0.184. The van der Waals surface area contributed by atoms with Gasteiger partial charge in [0.2, 0.25) is 5.79 Å². The molecular formula is C27H26Cl2N4O3. The van der Waals surface area contributed by atoms with Crippen molar-refractivity contribution in [3.63, 3.8) is 0 Å². The Morgan fingerprint density at radius 2 is 1.78 bits per heavy atom. The van der Waals surface area contributed by atoms with Crippen LogP contribution < -0.4 is 10.2 Å². The molecule has 1 saturated heterocycles. The molecule has 1 aliphatic rings. The van der Waals surface area contributed by atoms with E-state index in [1.807, 2.05) is 41.3 Å². The van der Waals surface area contributed by atoms with Gasteiger partial charge in [0.1, 0.15) is 0 Å². The van der Waals surface area contributed by atoms with Crippen molar-refractivity contribution in [1.29, 1.82) is 5.26 Å². The van der Waals surface area contributed by atoms with Crippen LogP contribution in [0, 0.1) is 11.3 Å². The Bertz CT molecular complexity index is 1270. The number of nitrogens with one attached hydrogen (secondary N) is 1. The van der Waals surface area contributed by atoms with Crippen LogP contribution in [0.2, 0.25) is 10.0 Å². The van der Waals surface area contributed by atoms with E-state index in [0.29, 0.717) is 46.4 Å². The standard InChI is InChI=1S/C27H26Cl2N4O3/c1-31-26(34)20-6-11-24(23(29)14-20)33-13-12-32(16-25(33)19-4-9-22(28)10-5-19)17-27(35,36)21-7-2-18(15-30)3-8-21/h2-11,14,25,35-36H,12-13,16-17H2,1H3,(H,31,34)/t25-/m0/s1. The van der Waals surface area contributed by atoms with Crippen LogP contribution in [0.1, 0.15) is 33.1 Å². The number of aliphatic hydroxyl groups is 2. The van der Waals surface area contributed by atoms with Gasteiger partial charge in [-0.15, -0.1) is 0 Å². The molecule has 7 nitrogen and oxygen atoms in total. The summed E-state index contributed by atoms with van der Waals surface area (Å²) in [4.78, 5) is 16.2. The number of rotatable bonds is 6. The second-order valence-electron chi connectivity index (χ2n) is 8.75. The van der Waals surface area contributed by atoms with Gasteiger partial charge in [-0.3, -0.25) is 9.69 Å². The largest absolute Gasteiger partial charge is 0.361 e. The van der Waals surface area contributed by atoms with Crippen LogP contribution in [0.4, 0.5) is 5.69 Å². The Morgan fingerprint density at radius 3 is 2.39 bits per heavy atom. The summed E-state index contributed by atoms with van der Waals surface area (Å²) in [6, 6.07) is 20.9. The highest BCUT2D eigenvalue weighted by atomic mass is 35.5. The number of halogens is 2. The number of β-amino-alcohol motifs (C(OH)–C–C–N with tert-alkyl or cyclic N) is 2. The first-order valence-electron chi connectivity index (χ1n) is 11.4. The van der Waals surface area contributed by atoms with Crippen molar-refractivity contribution >= 4 is 34.8 Å². The molecule has 0 saturated carbocycles. The van der Waals surface area contributed by atoms with Gasteiger partial charge in [0, 0.05) is 42.8 Å². The average Bonchev–Trinajstić information content (AvgIpc) is 2.88. The van der Waals surface area contributed by atoms with Crippen LogP contribution in [0.3, 0.4) is 0 Å². The lowest BCUT2D eigenvalue weighted by atomic mass is 9.99. The Hall–Kier alpha value is -3.12. The number of carbonyl (C=O) groups is 1. The fraction of sp³-hybridized carbons (Fsp3) is 0.259. The van der Waals surface area contributed by atoms with Gasteiger partial charge in [-0.1, -0.05) is 47.5 Å². The summed E-state index contributed by atoms with van der Waals surface area (Å²) < 4.78 is 0. The summed E-state index contributed by atoms with van der Waals surface area (Å²) in [6.07, 6.45) is 0. The lowest BCUT2D eigenvalue weighted by Gasteiger charge is -2.44. The summed E-state index contributed by atoms with van der Waals surface area (Å²) in [5.41, 5.74) is 3.02. The number of hydrogen-bond donors (Lipinski definition) is 3. The molecule has 0 bridgehead atoms. The molecular weight excluding hydrogens is 499 g/mol. The first kappa shape index (κ1) is 26.0. The normalized spacial score (nSPS) is 16.4. The van der Waals surface area contributed by atoms with Gasteiger partial charge >= 0.3 is 0 Å². The molecule has 1 amide bonds. The third-order valence-corrected chi connectivity index (χ3v) is 6.94. The van der Waals surface area contributed by atoms with Gasteiger partial charge in [0.05, 0.1) is 34.9 Å². The smallest absolute Gasteiger partial charge is 0.251 e. The molecule has 3 aromatic carbocycles. The minimum absolute atomic E-state index is 0.0137. The monoisotopic (exact) mass is 524 g/mol. The maximum Gasteiger partial charge on any atom is 0.251 e. The van der Waals surface area contributed by atoms with Crippen molar-refractivity contribution < 1.29 is 15.0 Å². The Kier molecular flexibility index (Phi) is 7.84. The number of hydrogen-bond acceptors (Lipinski definition) is 6. The van der Waals surface area contributed by atoms with Crippen LogP contribution >= 0.6 is 23.2 Å². The van der Waals surface area contributed by atoms with Crippen molar-refractivity contribution in [2.24, 2.45) is 0 Å². The molecule has 3 aromatic rings. The Labute approximate surface area is 220 Å². The zero-order chi connectivity index (χ0) is 25.9. The first-order valence-corrected chi connectivity index (χ1v) is 12.2. The minimum Gasteiger partial charge on any atom is -0.361 e. The molecule has 1 aliphatic heterocycles. The van der Waals surface area contributed by atoms with Crippen LogP contribution in [0.15, 0.2) is 66.7 Å². The van der Waals surface area contributed by atoms with Crippen LogP contribution in [-0.4, -0.2) is 54.2 Å². The van der Waals surface area contributed by atoms with Gasteiger partial charge in [-0.25, -0.2) is 0 Å². The summed E-state index contributed by atoms with van der Waals surface area (Å²) >= 11 is 12.8. The molecule has 9 heteroatoms. The number of anilines is 1. The van der Waals surface area contributed by atoms with Gasteiger partial charge in [0.15, 0.2) is 0 Å². The predicted octanol–water partition coefficient (Wildman–Crippen LogP) is 3.93. The number of carbonyl (C=O) groups excluding carboxylic acids is 1. The van der Waals surface area contributed by atoms with Crippen molar-refractivity contribution in [3.8, 4) is 6.07 Å². The molecule has 0 unspecified atom stereocenters. The minimum atomic E-state index is -2.09. The number of benzene rings is 3. The van der Waals surface area contributed by atoms with E-state index >= 15 is 0 Å². The predicted molar refractivity (Wildman–Crippen MR) is 140 cm³/mol. The van der Waals surface area contributed by atoms with Gasteiger partial charge in [-0.05, 0) is 48.0 Å². The molecule has 0 aliphatic carbocycles. The SMILES string of the molecule is CNC(=O)c1ccc(N2CCN(CC(O)(O)c3ccc(C#N)cc3)C[C@H]2c2ccc(Cl)cc2)c(Cl)c1. The van der Waals surface area contributed by atoms with Crippen molar-refractivity contribution in [2.75, 3.05) is 38.1 Å². The summed E-state index contributed by atoms with van der Waals surface area (Å²) in [5, 5.41) is 34.4. The van der Waals surface area contributed by atoms with E-state index in [1.54, 1.807) is 43.4 Å². The lowest BCUT2D eigenvalue weighted by Crippen LogP contribution is -2.52. The highest BCUT2D eigenvalue weighted by molar-refractivity contribution is 6.33. The fourth-order valence-electron chi connectivity index (χ4n) is 4.48. The van der Waals surface area contributed by atoms with E-state index < -0.39 is 5.79 Å². The molecule has 1 atom stereocenters. The second-order valence-corrected chi connectivity index (χ2v) is 9.59. The van der Waals surface area contributed by atoms with Gasteiger partial charge in [-0.2, -0.15) is 5.26 Å². The molecule has 4 rings (SSSR count). The summed E-state index contributed by atoms with van der Waals surface area (Å²) in [6.45, 7) is 1.60. The first-order chi connectivity index (χ1) is 17.2. The quantitative estimate of drug-likeness (QED) is 0.422. The van der Waals surface area contributed by atoms with Gasteiger partial charge < -0.3 is 20.4 Å². The maximum absolute atomic E-state index is 12.0. The van der Waals surface area contributed by atoms with Crippen molar-refractivity contribution in [1.82, 2.24) is 10.2 Å². The number of nitriles is 1. The highest BCUT2D eigenvalue weighted by Gasteiger charge is 2.35. The van der Waals surface area contributed by atoms with E-state index in [9.17, 15) is 15.0 Å². The zero-order valence-electron chi connectivity index (χ0n) is 19.7. The van der Waals surface area contributed by atoms with Gasteiger partial charge in [0.25, 0.3) is 5.91 Å². The third kappa shape index (κ3) is 5.65. The summed E-state index contributed by atoms with van der Waals surface area (Å²) in [7, 11) is 1.57. The maximum atomic E-state index is 12.0. The second kappa shape index (κ2) is 10.9.